The summed E-state index contributed by atoms with van der Waals surface area (Å²) in [5.41, 5.74) is 3.33. The fourth-order valence-corrected chi connectivity index (χ4v) is 5.07. The molecule has 0 aliphatic rings. The number of nitrogens with zero attached hydrogens (tertiary/aromatic N) is 1. The van der Waals surface area contributed by atoms with Gasteiger partial charge in [0.2, 0.25) is 15.9 Å². The molecule has 0 aliphatic carbocycles. The average Bonchev–Trinajstić information content (AvgIpc) is 2.61. The predicted molar refractivity (Wildman–Crippen MR) is 124 cm³/mol. The van der Waals surface area contributed by atoms with E-state index in [9.17, 15) is 13.2 Å². The van der Waals surface area contributed by atoms with Crippen LogP contribution in [0.4, 0.5) is 5.69 Å². The molecule has 0 radical (unpaired) electrons. The Morgan fingerprint density at radius 3 is 2.48 bits per heavy atom. The number of benzene rings is 2. The summed E-state index contributed by atoms with van der Waals surface area (Å²) in [7, 11) is -3.59. The van der Waals surface area contributed by atoms with Crippen molar-refractivity contribution in [3.05, 3.63) is 63.1 Å². The normalized spacial score (nSPS) is 11.3. The lowest BCUT2D eigenvalue weighted by Crippen LogP contribution is -2.41. The molecule has 5 nitrogen and oxygen atoms in total. The molecule has 0 saturated carbocycles. The molecule has 0 atom stereocenters. The first kappa shape index (κ1) is 23.9. The summed E-state index contributed by atoms with van der Waals surface area (Å²) in [5, 5.41) is 3.99. The Kier molecular flexibility index (Phi) is 8.70. The number of thioether (sulfide) groups is 1. The minimum Gasteiger partial charge on any atom is -0.354 e. The first-order valence-corrected chi connectivity index (χ1v) is 12.7. The number of amides is 1. The molecule has 1 N–H and O–H groups in total. The highest BCUT2D eigenvalue weighted by atomic mass is 35.5. The van der Waals surface area contributed by atoms with E-state index in [0.717, 1.165) is 27.3 Å². The van der Waals surface area contributed by atoms with Crippen molar-refractivity contribution in [1.82, 2.24) is 5.32 Å². The van der Waals surface area contributed by atoms with Crippen LogP contribution in [-0.2, 0) is 20.6 Å². The zero-order valence-corrected chi connectivity index (χ0v) is 19.7. The van der Waals surface area contributed by atoms with Gasteiger partial charge in [-0.1, -0.05) is 47.0 Å². The van der Waals surface area contributed by atoms with Crippen molar-refractivity contribution in [1.29, 1.82) is 0 Å². The number of anilines is 1. The Bertz CT molecular complexity index is 982. The van der Waals surface area contributed by atoms with Crippen molar-refractivity contribution in [2.24, 2.45) is 0 Å². The number of carbonyl (C=O) groups is 1. The van der Waals surface area contributed by atoms with Crippen molar-refractivity contribution in [2.45, 2.75) is 19.6 Å². The molecule has 2 rings (SSSR count). The van der Waals surface area contributed by atoms with Gasteiger partial charge in [-0.2, -0.15) is 11.8 Å². The maximum atomic E-state index is 12.3. The van der Waals surface area contributed by atoms with Crippen LogP contribution in [0.2, 0.25) is 10.0 Å². The smallest absolute Gasteiger partial charge is 0.240 e. The number of nitrogens with one attached hydrogen (secondary N) is 1. The molecule has 9 heteroatoms. The zero-order chi connectivity index (χ0) is 21.6. The summed E-state index contributed by atoms with van der Waals surface area (Å²) >= 11 is 13.6. The van der Waals surface area contributed by atoms with E-state index in [-0.39, 0.29) is 12.5 Å². The van der Waals surface area contributed by atoms with Crippen molar-refractivity contribution in [3.8, 4) is 0 Å². The second-order valence-electron chi connectivity index (χ2n) is 6.70. The van der Waals surface area contributed by atoms with Gasteiger partial charge in [-0.3, -0.25) is 9.10 Å². The van der Waals surface area contributed by atoms with Crippen molar-refractivity contribution in [3.63, 3.8) is 0 Å². The zero-order valence-electron chi connectivity index (χ0n) is 16.5. The highest BCUT2D eigenvalue weighted by Gasteiger charge is 2.22. The summed E-state index contributed by atoms with van der Waals surface area (Å²) in [6.45, 7) is 3.94. The summed E-state index contributed by atoms with van der Waals surface area (Å²) in [6, 6.07) is 10.8. The van der Waals surface area contributed by atoms with Crippen LogP contribution < -0.4 is 9.62 Å². The predicted octanol–water partition coefficient (Wildman–Crippen LogP) is 4.43. The Morgan fingerprint density at radius 1 is 1.14 bits per heavy atom. The van der Waals surface area contributed by atoms with Crippen LogP contribution in [0, 0.1) is 13.8 Å². The summed E-state index contributed by atoms with van der Waals surface area (Å²) in [6.07, 6.45) is 1.10. The molecule has 0 aromatic heterocycles. The third-order valence-corrected chi connectivity index (χ3v) is 6.87. The number of hydrogen-bond acceptors (Lipinski definition) is 4. The number of aryl methyl sites for hydroxylation is 2. The number of sulfonamides is 1. The molecular formula is C20H24Cl2N2O3S2. The van der Waals surface area contributed by atoms with Gasteiger partial charge in [0.1, 0.15) is 6.54 Å². The Morgan fingerprint density at radius 2 is 1.86 bits per heavy atom. The Balaban J connectivity index is 1.87. The lowest BCUT2D eigenvalue weighted by atomic mass is 10.1. The molecule has 0 spiro atoms. The van der Waals surface area contributed by atoms with E-state index in [2.05, 4.69) is 5.32 Å². The molecule has 0 heterocycles. The van der Waals surface area contributed by atoms with Crippen LogP contribution in [0.15, 0.2) is 36.4 Å². The minimum atomic E-state index is -3.59. The van der Waals surface area contributed by atoms with Gasteiger partial charge in [-0.15, -0.1) is 0 Å². The number of carbonyl (C=O) groups excluding carboxylic acids is 1. The quantitative estimate of drug-likeness (QED) is 0.545. The van der Waals surface area contributed by atoms with E-state index in [1.807, 2.05) is 32.0 Å². The van der Waals surface area contributed by atoms with Gasteiger partial charge < -0.3 is 5.32 Å². The fourth-order valence-electron chi connectivity index (χ4n) is 2.74. The van der Waals surface area contributed by atoms with Crippen molar-refractivity contribution >= 4 is 56.6 Å². The van der Waals surface area contributed by atoms with Crippen LogP contribution in [-0.4, -0.2) is 39.4 Å². The molecule has 0 fully saturated rings. The molecule has 0 aliphatic heterocycles. The third kappa shape index (κ3) is 7.41. The number of hydrogen-bond donors (Lipinski definition) is 1. The van der Waals surface area contributed by atoms with Crippen molar-refractivity contribution < 1.29 is 13.2 Å². The van der Waals surface area contributed by atoms with Crippen LogP contribution in [0.5, 0.6) is 0 Å². The largest absolute Gasteiger partial charge is 0.354 e. The fraction of sp³-hybridized carbons (Fsp3) is 0.350. The highest BCUT2D eigenvalue weighted by molar-refractivity contribution is 7.98. The number of halogens is 2. The molecule has 2 aromatic rings. The van der Waals surface area contributed by atoms with Crippen LogP contribution in [0.1, 0.15) is 16.7 Å². The van der Waals surface area contributed by atoms with Crippen LogP contribution in [0.3, 0.4) is 0 Å². The SMILES string of the molecule is Cc1ccc(N(CC(=O)NCCSCc2ccc(Cl)cc2Cl)S(C)(=O)=O)c(C)c1. The average molecular weight is 475 g/mol. The third-order valence-electron chi connectivity index (χ3n) is 4.15. The Hall–Kier alpha value is -1.41. The number of rotatable bonds is 9. The van der Waals surface area contributed by atoms with Crippen LogP contribution in [0.25, 0.3) is 0 Å². The summed E-state index contributed by atoms with van der Waals surface area (Å²) in [5.74, 6) is 1.03. The summed E-state index contributed by atoms with van der Waals surface area (Å²) in [4.78, 5) is 12.3. The molecule has 29 heavy (non-hydrogen) atoms. The molecule has 158 valence electrons. The van der Waals surface area contributed by atoms with Crippen molar-refractivity contribution in [2.75, 3.05) is 29.4 Å². The van der Waals surface area contributed by atoms with Gasteiger partial charge in [0.25, 0.3) is 0 Å². The van der Waals surface area contributed by atoms with E-state index in [1.165, 1.54) is 0 Å². The van der Waals surface area contributed by atoms with Crippen LogP contribution >= 0.6 is 35.0 Å². The molecule has 1 amide bonds. The highest BCUT2D eigenvalue weighted by Crippen LogP contribution is 2.25. The first-order chi connectivity index (χ1) is 13.6. The van der Waals surface area contributed by atoms with E-state index in [1.54, 1.807) is 30.0 Å². The van der Waals surface area contributed by atoms with E-state index < -0.39 is 10.0 Å². The van der Waals surface area contributed by atoms with Gasteiger partial charge in [0.15, 0.2) is 0 Å². The molecule has 0 bridgehead atoms. The lowest BCUT2D eigenvalue weighted by Gasteiger charge is -2.24. The summed E-state index contributed by atoms with van der Waals surface area (Å²) < 4.78 is 25.6. The van der Waals surface area contributed by atoms with E-state index >= 15 is 0 Å². The van der Waals surface area contributed by atoms with Gasteiger partial charge in [-0.05, 0) is 43.2 Å². The maximum absolute atomic E-state index is 12.3. The lowest BCUT2D eigenvalue weighted by molar-refractivity contribution is -0.119. The second-order valence-corrected chi connectivity index (χ2v) is 10.6. The molecule has 2 aromatic carbocycles. The van der Waals surface area contributed by atoms with Gasteiger partial charge >= 0.3 is 0 Å². The standard InChI is InChI=1S/C20H24Cl2N2O3S2/c1-14-4-7-19(15(2)10-14)24(29(3,26)27)12-20(25)23-8-9-28-13-16-5-6-17(21)11-18(16)22/h4-7,10-11H,8-9,12-13H2,1-3H3,(H,23,25). The molecular weight excluding hydrogens is 451 g/mol. The minimum absolute atomic E-state index is 0.254. The van der Waals surface area contributed by atoms with Gasteiger partial charge in [0, 0.05) is 28.1 Å². The Labute approximate surface area is 186 Å². The molecule has 0 saturated heterocycles. The monoisotopic (exact) mass is 474 g/mol. The first-order valence-electron chi connectivity index (χ1n) is 8.91. The second kappa shape index (κ2) is 10.6. The van der Waals surface area contributed by atoms with Gasteiger partial charge in [-0.25, -0.2) is 8.42 Å². The molecule has 0 unspecified atom stereocenters. The van der Waals surface area contributed by atoms with E-state index in [0.29, 0.717) is 33.8 Å². The maximum Gasteiger partial charge on any atom is 0.240 e. The van der Waals surface area contributed by atoms with E-state index in [4.69, 9.17) is 23.2 Å². The van der Waals surface area contributed by atoms with Gasteiger partial charge in [0.05, 0.1) is 11.9 Å². The topological polar surface area (TPSA) is 66.5 Å².